The predicted octanol–water partition coefficient (Wildman–Crippen LogP) is 6.72. The molecule has 1 aromatic carbocycles. The van der Waals surface area contributed by atoms with Crippen LogP contribution in [0.15, 0.2) is 24.8 Å². The largest absolute Gasteiger partial charge is 0.489 e. The zero-order valence-corrected chi connectivity index (χ0v) is 19.3. The minimum atomic E-state index is 0.0719. The van der Waals surface area contributed by atoms with Gasteiger partial charge in [0.05, 0.1) is 13.2 Å². The topological polar surface area (TPSA) is 27.7 Å². The summed E-state index contributed by atoms with van der Waals surface area (Å²) < 4.78 is 15.8. The Hall–Kier alpha value is -0.890. The quantitative estimate of drug-likeness (QED) is 0.297. The smallest absolute Gasteiger partial charge is 0.155 e. The summed E-state index contributed by atoms with van der Waals surface area (Å²) in [4.78, 5) is 0. The van der Waals surface area contributed by atoms with Crippen LogP contribution in [0.3, 0.4) is 0 Å². The van der Waals surface area contributed by atoms with Crippen LogP contribution < -0.4 is 4.74 Å². The monoisotopic (exact) mass is 382 g/mol. The summed E-state index contributed by atoms with van der Waals surface area (Å²) in [6.45, 7) is 25.2. The van der Waals surface area contributed by atoms with Crippen LogP contribution in [0.2, 0.25) is 0 Å². The lowest BCUT2D eigenvalue weighted by atomic mass is 9.78. The molecule has 0 saturated carbocycles. The van der Waals surface area contributed by atoms with E-state index in [9.17, 15) is 0 Å². The van der Waals surface area contributed by atoms with Crippen molar-refractivity contribution in [2.75, 3.05) is 19.8 Å². The first-order valence-electron chi connectivity index (χ1n) is 9.36. The van der Waals surface area contributed by atoms with Crippen molar-refractivity contribution >= 4 is 9.03 Å². The maximum Gasteiger partial charge on any atom is 0.155 e. The first-order valence-corrected chi connectivity index (χ1v) is 10.2. The first-order chi connectivity index (χ1) is 12.0. The van der Waals surface area contributed by atoms with E-state index in [1.165, 1.54) is 16.7 Å². The van der Waals surface area contributed by atoms with Gasteiger partial charge in [-0.15, -0.1) is 0 Å². The summed E-state index contributed by atoms with van der Waals surface area (Å²) in [5.74, 6) is 1.03. The van der Waals surface area contributed by atoms with Crippen molar-refractivity contribution in [2.24, 2.45) is 0 Å². The van der Waals surface area contributed by atoms with Gasteiger partial charge in [0.15, 0.2) is 9.03 Å². The third kappa shape index (κ3) is 9.16. The van der Waals surface area contributed by atoms with E-state index in [0.717, 1.165) is 19.0 Å². The molecule has 0 amide bonds. The van der Waals surface area contributed by atoms with Crippen LogP contribution in [0, 0.1) is 6.92 Å². The minimum Gasteiger partial charge on any atom is -0.489 e. The third-order valence-electron chi connectivity index (χ3n) is 3.60. The summed E-state index contributed by atoms with van der Waals surface area (Å²) in [6, 6.07) is 4.49. The fraction of sp³-hybridized carbons (Fsp3) is 0.636. The Morgan fingerprint density at radius 1 is 0.923 bits per heavy atom. The molecule has 3 nitrogen and oxygen atoms in total. The SMILES string of the molecule is C=CCOc1c(C(C)(C)C)cc(C)cc1C(C)(C)C.CCOPOCC. The minimum absolute atomic E-state index is 0.0719. The van der Waals surface area contributed by atoms with Gasteiger partial charge in [0.25, 0.3) is 0 Å². The Labute approximate surface area is 163 Å². The number of ether oxygens (including phenoxy) is 1. The molecular weight excluding hydrogens is 343 g/mol. The van der Waals surface area contributed by atoms with E-state index in [-0.39, 0.29) is 19.9 Å². The maximum absolute atomic E-state index is 6.01. The molecule has 0 unspecified atom stereocenters. The molecule has 0 heterocycles. The molecule has 0 fully saturated rings. The molecule has 0 atom stereocenters. The van der Waals surface area contributed by atoms with Crippen molar-refractivity contribution in [3.63, 3.8) is 0 Å². The van der Waals surface area contributed by atoms with E-state index >= 15 is 0 Å². The zero-order chi connectivity index (χ0) is 20.4. The fourth-order valence-corrected chi connectivity index (χ4v) is 2.66. The van der Waals surface area contributed by atoms with E-state index in [2.05, 4.69) is 67.2 Å². The number of aryl methyl sites for hydroxylation is 1. The van der Waals surface area contributed by atoms with E-state index in [0.29, 0.717) is 6.61 Å². The normalized spacial score (nSPS) is 11.6. The molecule has 0 spiro atoms. The first kappa shape index (κ1) is 25.1. The highest BCUT2D eigenvalue weighted by Gasteiger charge is 2.27. The molecule has 0 aliphatic heterocycles. The molecule has 0 bridgehead atoms. The van der Waals surface area contributed by atoms with E-state index in [4.69, 9.17) is 13.8 Å². The standard InChI is InChI=1S/C18H28O.C4H11O2P/c1-9-10-19-16-14(17(3,4)5)11-13(2)12-15(16)18(6,7)8;1-3-5-7-6-4-2/h9,11-12H,1,10H2,2-8H3;7H,3-4H2,1-2H3. The summed E-state index contributed by atoms with van der Waals surface area (Å²) in [5, 5.41) is 0. The van der Waals surface area contributed by atoms with Crippen LogP contribution >= 0.6 is 9.03 Å². The molecule has 1 rings (SSSR count). The van der Waals surface area contributed by atoms with Gasteiger partial charge in [-0.25, -0.2) is 0 Å². The van der Waals surface area contributed by atoms with Crippen LogP contribution in [-0.4, -0.2) is 19.8 Å². The van der Waals surface area contributed by atoms with Crippen molar-refractivity contribution < 1.29 is 13.8 Å². The molecule has 150 valence electrons. The summed E-state index contributed by atoms with van der Waals surface area (Å²) in [5.41, 5.74) is 3.99. The number of rotatable bonds is 7. The molecule has 0 radical (unpaired) electrons. The van der Waals surface area contributed by atoms with E-state index in [1.54, 1.807) is 6.08 Å². The highest BCUT2D eigenvalue weighted by atomic mass is 31.1. The van der Waals surface area contributed by atoms with Crippen molar-refractivity contribution in [1.82, 2.24) is 0 Å². The molecule has 0 aromatic heterocycles. The van der Waals surface area contributed by atoms with Crippen LogP contribution in [0.25, 0.3) is 0 Å². The third-order valence-corrected chi connectivity index (χ3v) is 4.41. The second-order valence-electron chi connectivity index (χ2n) is 8.24. The molecule has 1 aromatic rings. The highest BCUT2D eigenvalue weighted by molar-refractivity contribution is 7.26. The average molecular weight is 383 g/mol. The van der Waals surface area contributed by atoms with Crippen molar-refractivity contribution in [3.8, 4) is 5.75 Å². The van der Waals surface area contributed by atoms with Gasteiger partial charge >= 0.3 is 0 Å². The van der Waals surface area contributed by atoms with Gasteiger partial charge in [-0.2, -0.15) is 0 Å². The molecular formula is C22H39O3P. The average Bonchev–Trinajstić information content (AvgIpc) is 2.52. The number of hydrogen-bond donors (Lipinski definition) is 0. The maximum atomic E-state index is 6.01. The number of benzene rings is 1. The molecule has 4 heteroatoms. The molecule has 0 saturated heterocycles. The van der Waals surface area contributed by atoms with Crippen LogP contribution in [0.4, 0.5) is 0 Å². The van der Waals surface area contributed by atoms with Gasteiger partial charge in [-0.3, -0.25) is 0 Å². The fourth-order valence-electron chi connectivity index (χ4n) is 2.34. The van der Waals surface area contributed by atoms with Crippen LogP contribution in [0.5, 0.6) is 5.75 Å². The van der Waals surface area contributed by atoms with E-state index in [1.807, 2.05) is 13.8 Å². The Bertz CT molecular complexity index is 500. The Morgan fingerprint density at radius 3 is 1.65 bits per heavy atom. The Morgan fingerprint density at radius 2 is 1.35 bits per heavy atom. The Kier molecular flexibility index (Phi) is 11.3. The molecule has 0 N–H and O–H groups in total. The lowest BCUT2D eigenvalue weighted by Crippen LogP contribution is -2.20. The second-order valence-corrected chi connectivity index (χ2v) is 8.98. The number of hydrogen-bond acceptors (Lipinski definition) is 3. The second kappa shape index (κ2) is 11.7. The van der Waals surface area contributed by atoms with Gasteiger partial charge in [-0.05, 0) is 31.6 Å². The van der Waals surface area contributed by atoms with Crippen molar-refractivity contribution in [1.29, 1.82) is 0 Å². The summed E-state index contributed by atoms with van der Waals surface area (Å²) >= 11 is 0. The Balaban J connectivity index is 0.000000758. The summed E-state index contributed by atoms with van der Waals surface area (Å²) in [6.07, 6.45) is 1.80. The lowest BCUT2D eigenvalue weighted by molar-refractivity contribution is 0.288. The molecule has 0 aliphatic rings. The highest BCUT2D eigenvalue weighted by Crippen LogP contribution is 2.40. The molecule has 26 heavy (non-hydrogen) atoms. The predicted molar refractivity (Wildman–Crippen MR) is 116 cm³/mol. The van der Waals surface area contributed by atoms with Crippen molar-refractivity contribution in [3.05, 3.63) is 41.5 Å². The van der Waals surface area contributed by atoms with Gasteiger partial charge in [0.2, 0.25) is 0 Å². The van der Waals surface area contributed by atoms with Crippen LogP contribution in [0.1, 0.15) is 72.1 Å². The van der Waals surface area contributed by atoms with Gasteiger partial charge in [0, 0.05) is 11.1 Å². The molecule has 0 aliphatic carbocycles. The van der Waals surface area contributed by atoms with E-state index < -0.39 is 0 Å². The van der Waals surface area contributed by atoms with Gasteiger partial charge < -0.3 is 13.8 Å². The zero-order valence-electron chi connectivity index (χ0n) is 18.3. The van der Waals surface area contributed by atoms with Gasteiger partial charge in [-0.1, -0.05) is 71.9 Å². The van der Waals surface area contributed by atoms with Crippen LogP contribution in [-0.2, 0) is 19.9 Å². The van der Waals surface area contributed by atoms with Crippen molar-refractivity contribution in [2.45, 2.75) is 73.1 Å². The summed E-state index contributed by atoms with van der Waals surface area (Å²) in [7, 11) is 0.232. The lowest BCUT2D eigenvalue weighted by Gasteiger charge is -2.30. The van der Waals surface area contributed by atoms with Gasteiger partial charge in [0.1, 0.15) is 12.4 Å².